The van der Waals surface area contributed by atoms with E-state index in [4.69, 9.17) is 14.2 Å². The van der Waals surface area contributed by atoms with Crippen LogP contribution in [0.25, 0.3) is 0 Å². The normalized spacial score (nSPS) is 14.4. The van der Waals surface area contributed by atoms with Crippen molar-refractivity contribution < 1.29 is 14.2 Å². The molecule has 2 aromatic rings. The van der Waals surface area contributed by atoms with Crippen LogP contribution in [0, 0.1) is 0 Å². The summed E-state index contributed by atoms with van der Waals surface area (Å²) in [4.78, 5) is 0. The Hall–Kier alpha value is -1.72. The molecule has 1 aliphatic heterocycles. The molecule has 5 heteroatoms. The second kappa shape index (κ2) is 6.37. The van der Waals surface area contributed by atoms with E-state index in [2.05, 4.69) is 21.2 Å². The molecular weight excluding hydrogens is 334 g/mol. The van der Waals surface area contributed by atoms with Crippen LogP contribution in [0.2, 0.25) is 0 Å². The summed E-state index contributed by atoms with van der Waals surface area (Å²) >= 11 is 3.46. The van der Waals surface area contributed by atoms with E-state index < -0.39 is 0 Å². The van der Waals surface area contributed by atoms with Gasteiger partial charge in [0, 0.05) is 23.6 Å². The topological polar surface area (TPSA) is 39.7 Å². The monoisotopic (exact) mass is 349 g/mol. The standard InChI is InChI=1S/C16H16BrNO3/c1-19-12-3-2-4-13(8-12)20-15-6-5-11(17)7-16(15)21-14-9-18-10-14/h2-8,14,18H,9-10H2,1H3. The Kier molecular flexibility index (Phi) is 4.31. The van der Waals surface area contributed by atoms with Gasteiger partial charge in [0.25, 0.3) is 0 Å². The molecular formula is C16H16BrNO3. The first-order valence-electron chi connectivity index (χ1n) is 6.73. The van der Waals surface area contributed by atoms with Crippen LogP contribution in [0.5, 0.6) is 23.0 Å². The number of ether oxygens (including phenoxy) is 3. The van der Waals surface area contributed by atoms with Gasteiger partial charge in [-0.3, -0.25) is 0 Å². The van der Waals surface area contributed by atoms with E-state index in [1.807, 2.05) is 42.5 Å². The number of hydrogen-bond acceptors (Lipinski definition) is 4. The highest BCUT2D eigenvalue weighted by molar-refractivity contribution is 9.10. The number of nitrogens with one attached hydrogen (secondary N) is 1. The van der Waals surface area contributed by atoms with Crippen LogP contribution in [0.3, 0.4) is 0 Å². The molecule has 0 radical (unpaired) electrons. The van der Waals surface area contributed by atoms with Crippen LogP contribution in [0.1, 0.15) is 0 Å². The molecule has 110 valence electrons. The average molecular weight is 350 g/mol. The molecule has 1 N–H and O–H groups in total. The van der Waals surface area contributed by atoms with Gasteiger partial charge >= 0.3 is 0 Å². The van der Waals surface area contributed by atoms with E-state index in [0.717, 1.165) is 29.1 Å². The predicted molar refractivity (Wildman–Crippen MR) is 84.5 cm³/mol. The van der Waals surface area contributed by atoms with Gasteiger partial charge in [0.15, 0.2) is 11.5 Å². The summed E-state index contributed by atoms with van der Waals surface area (Å²) in [6, 6.07) is 13.3. The van der Waals surface area contributed by atoms with Crippen molar-refractivity contribution in [2.75, 3.05) is 20.2 Å². The number of benzene rings is 2. The number of hydrogen-bond donors (Lipinski definition) is 1. The van der Waals surface area contributed by atoms with Crippen LogP contribution in [-0.2, 0) is 0 Å². The maximum Gasteiger partial charge on any atom is 0.169 e. The Morgan fingerprint density at radius 3 is 2.57 bits per heavy atom. The van der Waals surface area contributed by atoms with Crippen molar-refractivity contribution >= 4 is 15.9 Å². The van der Waals surface area contributed by atoms with E-state index in [1.54, 1.807) is 7.11 Å². The summed E-state index contributed by atoms with van der Waals surface area (Å²) in [5.74, 6) is 2.90. The van der Waals surface area contributed by atoms with Crippen molar-refractivity contribution in [1.82, 2.24) is 5.32 Å². The summed E-state index contributed by atoms with van der Waals surface area (Å²) in [5, 5.41) is 3.19. The third kappa shape index (κ3) is 3.49. The first-order chi connectivity index (χ1) is 10.2. The molecule has 4 nitrogen and oxygen atoms in total. The van der Waals surface area contributed by atoms with Gasteiger partial charge < -0.3 is 19.5 Å². The number of halogens is 1. The average Bonchev–Trinajstić information content (AvgIpc) is 2.45. The van der Waals surface area contributed by atoms with Gasteiger partial charge in [-0.05, 0) is 30.3 Å². The summed E-state index contributed by atoms with van der Waals surface area (Å²) in [6.07, 6.45) is 0.201. The Labute approximate surface area is 132 Å². The van der Waals surface area contributed by atoms with Gasteiger partial charge in [-0.15, -0.1) is 0 Å². The maximum absolute atomic E-state index is 5.94. The minimum absolute atomic E-state index is 0.201. The highest BCUT2D eigenvalue weighted by Crippen LogP contribution is 2.35. The summed E-state index contributed by atoms with van der Waals surface area (Å²) in [5.41, 5.74) is 0. The minimum atomic E-state index is 0.201. The van der Waals surface area contributed by atoms with Gasteiger partial charge in [0.2, 0.25) is 0 Å². The Bertz CT molecular complexity index is 629. The maximum atomic E-state index is 5.94. The molecule has 0 bridgehead atoms. The molecule has 21 heavy (non-hydrogen) atoms. The summed E-state index contributed by atoms with van der Waals surface area (Å²) in [6.45, 7) is 1.73. The van der Waals surface area contributed by atoms with Crippen molar-refractivity contribution in [3.8, 4) is 23.0 Å². The fourth-order valence-electron chi connectivity index (χ4n) is 1.98. The summed E-state index contributed by atoms with van der Waals surface area (Å²) < 4.78 is 18.0. The second-order valence-electron chi connectivity index (χ2n) is 4.77. The lowest BCUT2D eigenvalue weighted by Gasteiger charge is -2.28. The Balaban J connectivity index is 1.82. The van der Waals surface area contributed by atoms with E-state index in [9.17, 15) is 0 Å². The molecule has 0 saturated carbocycles. The minimum Gasteiger partial charge on any atom is -0.497 e. The first kappa shape index (κ1) is 14.2. The lowest BCUT2D eigenvalue weighted by atomic mass is 10.2. The SMILES string of the molecule is COc1cccc(Oc2ccc(Br)cc2OC2CNC2)c1. The third-order valence-electron chi connectivity index (χ3n) is 3.21. The highest BCUT2D eigenvalue weighted by atomic mass is 79.9. The first-order valence-corrected chi connectivity index (χ1v) is 7.53. The Morgan fingerprint density at radius 1 is 1.05 bits per heavy atom. The Morgan fingerprint density at radius 2 is 1.86 bits per heavy atom. The van der Waals surface area contributed by atoms with Gasteiger partial charge in [0.1, 0.15) is 17.6 Å². The largest absolute Gasteiger partial charge is 0.497 e. The molecule has 1 fully saturated rings. The zero-order valence-electron chi connectivity index (χ0n) is 11.6. The van der Waals surface area contributed by atoms with Crippen molar-refractivity contribution in [2.45, 2.75) is 6.10 Å². The third-order valence-corrected chi connectivity index (χ3v) is 3.71. The van der Waals surface area contributed by atoms with Crippen LogP contribution >= 0.6 is 15.9 Å². The fourth-order valence-corrected chi connectivity index (χ4v) is 2.32. The van der Waals surface area contributed by atoms with Crippen LogP contribution in [0.15, 0.2) is 46.9 Å². The molecule has 2 aromatic carbocycles. The molecule has 0 amide bonds. The van der Waals surface area contributed by atoms with Crippen LogP contribution in [-0.4, -0.2) is 26.3 Å². The van der Waals surface area contributed by atoms with Crippen LogP contribution in [0.4, 0.5) is 0 Å². The predicted octanol–water partition coefficient (Wildman–Crippen LogP) is 3.60. The quantitative estimate of drug-likeness (QED) is 0.895. The fraction of sp³-hybridized carbons (Fsp3) is 0.250. The zero-order valence-corrected chi connectivity index (χ0v) is 13.2. The summed E-state index contributed by atoms with van der Waals surface area (Å²) in [7, 11) is 1.64. The molecule has 0 spiro atoms. The van der Waals surface area contributed by atoms with Crippen molar-refractivity contribution in [1.29, 1.82) is 0 Å². The highest BCUT2D eigenvalue weighted by Gasteiger charge is 2.20. The molecule has 1 heterocycles. The van der Waals surface area contributed by atoms with Gasteiger partial charge in [-0.1, -0.05) is 22.0 Å². The molecule has 1 aliphatic rings. The van der Waals surface area contributed by atoms with E-state index in [0.29, 0.717) is 11.5 Å². The lowest BCUT2D eigenvalue weighted by molar-refractivity contribution is 0.138. The lowest BCUT2D eigenvalue weighted by Crippen LogP contribution is -2.50. The molecule has 0 unspecified atom stereocenters. The molecule has 0 aliphatic carbocycles. The van der Waals surface area contributed by atoms with Crippen LogP contribution < -0.4 is 19.5 Å². The van der Waals surface area contributed by atoms with Gasteiger partial charge in [0.05, 0.1) is 7.11 Å². The van der Waals surface area contributed by atoms with Gasteiger partial charge in [-0.2, -0.15) is 0 Å². The molecule has 0 atom stereocenters. The van der Waals surface area contributed by atoms with Crippen molar-refractivity contribution in [3.05, 3.63) is 46.9 Å². The van der Waals surface area contributed by atoms with E-state index >= 15 is 0 Å². The molecule has 3 rings (SSSR count). The number of methoxy groups -OCH3 is 1. The van der Waals surface area contributed by atoms with E-state index in [-0.39, 0.29) is 6.10 Å². The number of rotatable bonds is 5. The molecule has 1 saturated heterocycles. The molecule has 0 aromatic heterocycles. The smallest absolute Gasteiger partial charge is 0.169 e. The second-order valence-corrected chi connectivity index (χ2v) is 5.69. The van der Waals surface area contributed by atoms with Gasteiger partial charge in [-0.25, -0.2) is 0 Å². The van der Waals surface area contributed by atoms with E-state index in [1.165, 1.54) is 0 Å². The van der Waals surface area contributed by atoms with Crippen molar-refractivity contribution in [3.63, 3.8) is 0 Å². The zero-order chi connectivity index (χ0) is 14.7. The van der Waals surface area contributed by atoms with Crippen molar-refractivity contribution in [2.24, 2.45) is 0 Å².